The third-order valence-electron chi connectivity index (χ3n) is 2.72. The molecule has 0 unspecified atom stereocenters. The summed E-state index contributed by atoms with van der Waals surface area (Å²) in [4.78, 5) is 19.0. The lowest BCUT2D eigenvalue weighted by molar-refractivity contribution is 0.659. The SMILES string of the molecule is NCCc1nc2c(oc3ccc(Br)cc32)c(=O)[nH]1. The molecule has 1 aromatic carbocycles. The number of nitrogens with one attached hydrogen (secondary N) is 1. The van der Waals surface area contributed by atoms with Gasteiger partial charge in [-0.15, -0.1) is 0 Å². The zero-order valence-electron chi connectivity index (χ0n) is 9.37. The van der Waals surface area contributed by atoms with Gasteiger partial charge in [-0.3, -0.25) is 4.79 Å². The summed E-state index contributed by atoms with van der Waals surface area (Å²) in [5, 5.41) is 0.823. The van der Waals surface area contributed by atoms with Crippen molar-refractivity contribution in [2.45, 2.75) is 6.42 Å². The van der Waals surface area contributed by atoms with E-state index in [0.717, 1.165) is 9.86 Å². The topological polar surface area (TPSA) is 84.9 Å². The molecule has 0 saturated heterocycles. The molecule has 2 aromatic heterocycles. The molecule has 0 aliphatic carbocycles. The average molecular weight is 308 g/mol. The van der Waals surface area contributed by atoms with E-state index in [2.05, 4.69) is 25.9 Å². The van der Waals surface area contributed by atoms with Crippen LogP contribution in [0.25, 0.3) is 22.1 Å². The van der Waals surface area contributed by atoms with Gasteiger partial charge in [0.1, 0.15) is 16.9 Å². The molecule has 3 rings (SSSR count). The number of nitrogens with two attached hydrogens (primary N) is 1. The molecule has 0 aliphatic rings. The maximum absolute atomic E-state index is 11.9. The van der Waals surface area contributed by atoms with Gasteiger partial charge < -0.3 is 15.1 Å². The van der Waals surface area contributed by atoms with Crippen molar-refractivity contribution in [1.29, 1.82) is 0 Å². The first-order valence-corrected chi connectivity index (χ1v) is 6.29. The number of hydrogen-bond donors (Lipinski definition) is 2. The van der Waals surface area contributed by atoms with E-state index in [9.17, 15) is 4.79 Å². The molecule has 0 bridgehead atoms. The number of fused-ring (bicyclic) bond motifs is 3. The summed E-state index contributed by atoms with van der Waals surface area (Å²) in [7, 11) is 0. The Bertz CT molecular complexity index is 791. The van der Waals surface area contributed by atoms with E-state index in [0.29, 0.717) is 29.9 Å². The fourth-order valence-electron chi connectivity index (χ4n) is 1.93. The molecule has 18 heavy (non-hydrogen) atoms. The van der Waals surface area contributed by atoms with Gasteiger partial charge in [-0.25, -0.2) is 4.98 Å². The first kappa shape index (κ1) is 11.4. The van der Waals surface area contributed by atoms with Gasteiger partial charge in [0.15, 0.2) is 0 Å². The zero-order chi connectivity index (χ0) is 12.7. The number of halogens is 1. The summed E-state index contributed by atoms with van der Waals surface area (Å²) in [6.07, 6.45) is 0.534. The van der Waals surface area contributed by atoms with Gasteiger partial charge in [0, 0.05) is 16.3 Å². The quantitative estimate of drug-likeness (QED) is 0.757. The molecule has 0 radical (unpaired) electrons. The highest BCUT2D eigenvalue weighted by atomic mass is 79.9. The van der Waals surface area contributed by atoms with Gasteiger partial charge in [-0.2, -0.15) is 0 Å². The Morgan fingerprint density at radius 1 is 1.44 bits per heavy atom. The van der Waals surface area contributed by atoms with Crippen molar-refractivity contribution < 1.29 is 4.42 Å². The summed E-state index contributed by atoms with van der Waals surface area (Å²) >= 11 is 3.40. The van der Waals surface area contributed by atoms with Crippen molar-refractivity contribution in [3.63, 3.8) is 0 Å². The van der Waals surface area contributed by atoms with Crippen molar-refractivity contribution in [3.8, 4) is 0 Å². The highest BCUT2D eigenvalue weighted by Gasteiger charge is 2.13. The van der Waals surface area contributed by atoms with Crippen LogP contribution in [0.5, 0.6) is 0 Å². The van der Waals surface area contributed by atoms with Crippen LogP contribution in [0, 0.1) is 0 Å². The first-order valence-electron chi connectivity index (χ1n) is 5.50. The number of hydrogen-bond acceptors (Lipinski definition) is 4. The van der Waals surface area contributed by atoms with E-state index in [1.807, 2.05) is 18.2 Å². The predicted molar refractivity (Wildman–Crippen MR) is 72.6 cm³/mol. The zero-order valence-corrected chi connectivity index (χ0v) is 11.0. The second-order valence-electron chi connectivity index (χ2n) is 3.97. The van der Waals surface area contributed by atoms with Gasteiger partial charge in [0.05, 0.1) is 0 Å². The molecule has 5 nitrogen and oxygen atoms in total. The highest BCUT2D eigenvalue weighted by Crippen LogP contribution is 2.27. The summed E-state index contributed by atoms with van der Waals surface area (Å²) in [6.45, 7) is 0.438. The largest absolute Gasteiger partial charge is 0.449 e. The Kier molecular flexibility index (Phi) is 2.68. The molecule has 6 heteroatoms. The van der Waals surface area contributed by atoms with Crippen molar-refractivity contribution in [1.82, 2.24) is 9.97 Å². The van der Waals surface area contributed by atoms with Crippen molar-refractivity contribution in [2.24, 2.45) is 5.73 Å². The number of benzene rings is 1. The number of furan rings is 1. The molecular weight excluding hydrogens is 298 g/mol. The lowest BCUT2D eigenvalue weighted by Gasteiger charge is -1.97. The van der Waals surface area contributed by atoms with E-state index in [1.54, 1.807) is 0 Å². The monoisotopic (exact) mass is 307 g/mol. The van der Waals surface area contributed by atoms with E-state index in [1.165, 1.54) is 0 Å². The summed E-state index contributed by atoms with van der Waals surface area (Å²) < 4.78 is 6.43. The van der Waals surface area contributed by atoms with Crippen LogP contribution >= 0.6 is 15.9 Å². The van der Waals surface area contributed by atoms with Gasteiger partial charge in [0.25, 0.3) is 5.56 Å². The van der Waals surface area contributed by atoms with Crippen molar-refractivity contribution >= 4 is 38.0 Å². The number of H-pyrrole nitrogens is 1. The van der Waals surface area contributed by atoms with Gasteiger partial charge in [0.2, 0.25) is 5.58 Å². The van der Waals surface area contributed by atoms with Crippen LogP contribution in [-0.4, -0.2) is 16.5 Å². The first-order chi connectivity index (χ1) is 8.69. The van der Waals surface area contributed by atoms with Crippen LogP contribution < -0.4 is 11.3 Å². The Morgan fingerprint density at radius 2 is 2.28 bits per heavy atom. The molecule has 0 aliphatic heterocycles. The van der Waals surface area contributed by atoms with Crippen LogP contribution in [-0.2, 0) is 6.42 Å². The minimum absolute atomic E-state index is 0.254. The maximum Gasteiger partial charge on any atom is 0.294 e. The van der Waals surface area contributed by atoms with Crippen molar-refractivity contribution in [2.75, 3.05) is 6.54 Å². The third kappa shape index (κ3) is 1.74. The summed E-state index contributed by atoms with van der Waals surface area (Å²) in [5.74, 6) is 0.581. The van der Waals surface area contributed by atoms with Crippen LogP contribution in [0.2, 0.25) is 0 Å². The molecule has 92 valence electrons. The number of nitrogens with zero attached hydrogens (tertiary/aromatic N) is 1. The molecule has 0 saturated carbocycles. The molecule has 0 amide bonds. The number of aromatic nitrogens is 2. The average Bonchev–Trinajstić information content (AvgIpc) is 2.69. The molecule has 3 aromatic rings. The molecular formula is C12H10BrN3O2. The Balaban J connectivity index is 2.42. The van der Waals surface area contributed by atoms with E-state index < -0.39 is 0 Å². The maximum atomic E-state index is 11.9. The van der Waals surface area contributed by atoms with Crippen LogP contribution in [0.1, 0.15) is 5.82 Å². The van der Waals surface area contributed by atoms with Gasteiger partial charge in [-0.05, 0) is 24.7 Å². The minimum Gasteiger partial charge on any atom is -0.449 e. The van der Waals surface area contributed by atoms with E-state index in [4.69, 9.17) is 10.2 Å². The van der Waals surface area contributed by atoms with E-state index in [-0.39, 0.29) is 11.1 Å². The van der Waals surface area contributed by atoms with E-state index >= 15 is 0 Å². The Labute approximate surface area is 110 Å². The summed E-state index contributed by atoms with van der Waals surface area (Å²) in [6, 6.07) is 5.56. The van der Waals surface area contributed by atoms with Gasteiger partial charge in [-0.1, -0.05) is 15.9 Å². The highest BCUT2D eigenvalue weighted by molar-refractivity contribution is 9.10. The lowest BCUT2D eigenvalue weighted by atomic mass is 10.2. The Morgan fingerprint density at radius 3 is 3.06 bits per heavy atom. The molecule has 0 fully saturated rings. The molecule has 2 heterocycles. The lowest BCUT2D eigenvalue weighted by Crippen LogP contribution is -2.14. The van der Waals surface area contributed by atoms with Crippen molar-refractivity contribution in [3.05, 3.63) is 38.9 Å². The summed E-state index contributed by atoms with van der Waals surface area (Å²) in [5.41, 5.74) is 6.69. The smallest absolute Gasteiger partial charge is 0.294 e. The number of rotatable bonds is 2. The number of aromatic amines is 1. The fraction of sp³-hybridized carbons (Fsp3) is 0.167. The second kappa shape index (κ2) is 4.22. The third-order valence-corrected chi connectivity index (χ3v) is 3.21. The molecule has 0 spiro atoms. The minimum atomic E-state index is -0.268. The fourth-order valence-corrected chi connectivity index (χ4v) is 2.29. The molecule has 3 N–H and O–H groups in total. The van der Waals surface area contributed by atoms with Crippen LogP contribution in [0.4, 0.5) is 0 Å². The normalized spacial score (nSPS) is 11.4. The Hall–Kier alpha value is -1.66. The second-order valence-corrected chi connectivity index (χ2v) is 4.89. The van der Waals surface area contributed by atoms with Crippen LogP contribution in [0.15, 0.2) is 31.9 Å². The predicted octanol–water partition coefficient (Wildman–Crippen LogP) is 1.93. The van der Waals surface area contributed by atoms with Crippen LogP contribution in [0.3, 0.4) is 0 Å². The molecule has 0 atom stereocenters. The van der Waals surface area contributed by atoms with Gasteiger partial charge >= 0.3 is 0 Å². The standard InChI is InChI=1S/C12H10BrN3O2/c13-6-1-2-8-7(5-6)10-11(18-8)12(17)16-9(15-10)3-4-14/h1-2,5H,3-4,14H2,(H,15,16,17).